The fourth-order valence-electron chi connectivity index (χ4n) is 3.13. The van der Waals surface area contributed by atoms with Crippen molar-refractivity contribution in [1.82, 2.24) is 29.9 Å². The smallest absolute Gasteiger partial charge is 0.193 e. The van der Waals surface area contributed by atoms with E-state index in [1.807, 2.05) is 18.4 Å². The highest BCUT2D eigenvalue weighted by atomic mass is 127. The Kier molecular flexibility index (Phi) is 9.46. The third kappa shape index (κ3) is 6.40. The lowest BCUT2D eigenvalue weighted by molar-refractivity contribution is 0.173. The van der Waals surface area contributed by atoms with Crippen LogP contribution in [0.25, 0.3) is 0 Å². The van der Waals surface area contributed by atoms with Gasteiger partial charge in [-0.1, -0.05) is 6.92 Å². The van der Waals surface area contributed by atoms with Crippen LogP contribution < -0.4 is 5.32 Å². The Labute approximate surface area is 190 Å². The Morgan fingerprint density at radius 3 is 2.70 bits per heavy atom. The average molecular weight is 568 g/mol. The summed E-state index contributed by atoms with van der Waals surface area (Å²) in [6.07, 6.45) is 2.70. The quantitative estimate of drug-likeness (QED) is 0.330. The molecule has 2 aromatic heterocycles. The van der Waals surface area contributed by atoms with Crippen LogP contribution in [0.4, 0.5) is 0 Å². The molecule has 27 heavy (non-hydrogen) atoms. The highest BCUT2D eigenvalue weighted by Gasteiger charge is 2.20. The van der Waals surface area contributed by atoms with Crippen LogP contribution in [0.3, 0.4) is 0 Å². The zero-order valence-electron chi connectivity index (χ0n) is 15.8. The van der Waals surface area contributed by atoms with Crippen molar-refractivity contribution < 1.29 is 0 Å². The van der Waals surface area contributed by atoms with Gasteiger partial charge < -0.3 is 14.8 Å². The number of aryl methyl sites for hydroxylation is 1. The zero-order valence-corrected chi connectivity index (χ0v) is 20.5. The number of piperazine rings is 1. The van der Waals surface area contributed by atoms with E-state index < -0.39 is 0 Å². The number of aromatic nitrogens is 3. The molecule has 0 spiro atoms. The van der Waals surface area contributed by atoms with Crippen molar-refractivity contribution in [3.8, 4) is 0 Å². The number of rotatable bonds is 6. The molecule has 0 saturated carbocycles. The van der Waals surface area contributed by atoms with E-state index in [1.54, 1.807) is 6.33 Å². The summed E-state index contributed by atoms with van der Waals surface area (Å²) < 4.78 is 3.30. The van der Waals surface area contributed by atoms with Gasteiger partial charge in [-0.05, 0) is 28.1 Å². The van der Waals surface area contributed by atoms with Gasteiger partial charge in [-0.25, -0.2) is 0 Å². The Balaban J connectivity index is 0.00000261. The standard InChI is InChI=1S/C17H26BrN7S.HI/c1-3-16-22-21-13-25(16)7-6-20-17(19-2)24-10-8-23(9-11-24)12-14-4-5-15(18)26-14;/h4-5,13H,3,6-12H2,1-2H3,(H,19,20);1H. The molecule has 3 heterocycles. The second-order valence-corrected chi connectivity index (χ2v) is 8.78. The maximum Gasteiger partial charge on any atom is 0.193 e. The predicted molar refractivity (Wildman–Crippen MR) is 125 cm³/mol. The Hall–Kier alpha value is -0.720. The lowest BCUT2D eigenvalue weighted by Crippen LogP contribution is -2.52. The number of guanidine groups is 1. The van der Waals surface area contributed by atoms with Gasteiger partial charge in [0, 0.05) is 64.2 Å². The molecule has 0 aromatic carbocycles. The van der Waals surface area contributed by atoms with E-state index >= 15 is 0 Å². The van der Waals surface area contributed by atoms with Crippen LogP contribution in [0.2, 0.25) is 0 Å². The Bertz CT molecular complexity index is 724. The molecule has 0 amide bonds. The molecule has 1 aliphatic rings. The van der Waals surface area contributed by atoms with Crippen molar-refractivity contribution >= 4 is 57.2 Å². The van der Waals surface area contributed by atoms with Crippen LogP contribution in [0, 0.1) is 0 Å². The second-order valence-electron chi connectivity index (χ2n) is 6.24. The summed E-state index contributed by atoms with van der Waals surface area (Å²) in [5, 5.41) is 11.6. The summed E-state index contributed by atoms with van der Waals surface area (Å²) >= 11 is 5.36. The van der Waals surface area contributed by atoms with E-state index in [-0.39, 0.29) is 24.0 Å². The number of aliphatic imine (C=N–C) groups is 1. The number of thiophene rings is 1. The molecule has 0 radical (unpaired) electrons. The van der Waals surface area contributed by atoms with E-state index in [1.165, 1.54) is 8.66 Å². The molecule has 0 bridgehead atoms. The van der Waals surface area contributed by atoms with Crippen LogP contribution in [-0.4, -0.2) is 70.3 Å². The van der Waals surface area contributed by atoms with Gasteiger partial charge in [-0.3, -0.25) is 9.89 Å². The normalized spacial score (nSPS) is 15.7. The molecule has 2 aromatic rings. The molecule has 150 valence electrons. The first kappa shape index (κ1) is 22.6. The largest absolute Gasteiger partial charge is 0.354 e. The zero-order chi connectivity index (χ0) is 18.4. The van der Waals surface area contributed by atoms with Gasteiger partial charge in [0.1, 0.15) is 12.2 Å². The lowest BCUT2D eigenvalue weighted by atomic mass is 10.3. The third-order valence-electron chi connectivity index (χ3n) is 4.54. The van der Waals surface area contributed by atoms with Crippen molar-refractivity contribution in [2.24, 2.45) is 4.99 Å². The fourth-order valence-corrected chi connectivity index (χ4v) is 4.66. The highest BCUT2D eigenvalue weighted by Crippen LogP contribution is 2.23. The molecule has 10 heteroatoms. The number of halogens is 2. The van der Waals surface area contributed by atoms with Gasteiger partial charge in [0.05, 0.1) is 3.79 Å². The number of hydrogen-bond donors (Lipinski definition) is 1. The molecule has 3 rings (SSSR count). The summed E-state index contributed by atoms with van der Waals surface area (Å²) in [4.78, 5) is 10.7. The number of nitrogens with zero attached hydrogens (tertiary/aromatic N) is 6. The van der Waals surface area contributed by atoms with E-state index in [0.29, 0.717) is 0 Å². The van der Waals surface area contributed by atoms with Crippen molar-refractivity contribution in [2.45, 2.75) is 26.4 Å². The molecule has 0 unspecified atom stereocenters. The van der Waals surface area contributed by atoms with E-state index in [2.05, 4.69) is 69.9 Å². The first-order valence-electron chi connectivity index (χ1n) is 8.98. The van der Waals surface area contributed by atoms with Gasteiger partial charge in [-0.15, -0.1) is 45.5 Å². The number of nitrogens with one attached hydrogen (secondary N) is 1. The summed E-state index contributed by atoms with van der Waals surface area (Å²) in [6.45, 7) is 8.91. The summed E-state index contributed by atoms with van der Waals surface area (Å²) in [7, 11) is 1.86. The summed E-state index contributed by atoms with van der Waals surface area (Å²) in [5.41, 5.74) is 0. The number of hydrogen-bond acceptors (Lipinski definition) is 5. The van der Waals surface area contributed by atoms with Crippen LogP contribution >= 0.6 is 51.2 Å². The van der Waals surface area contributed by atoms with Gasteiger partial charge in [-0.2, -0.15) is 0 Å². The minimum atomic E-state index is 0. The topological polar surface area (TPSA) is 61.6 Å². The Morgan fingerprint density at radius 1 is 1.30 bits per heavy atom. The van der Waals surface area contributed by atoms with E-state index in [4.69, 9.17) is 0 Å². The summed E-state index contributed by atoms with van der Waals surface area (Å²) in [6, 6.07) is 4.33. The molecule has 7 nitrogen and oxygen atoms in total. The molecule has 0 atom stereocenters. The summed E-state index contributed by atoms with van der Waals surface area (Å²) in [5.74, 6) is 2.00. The second kappa shape index (κ2) is 11.3. The molecule has 1 N–H and O–H groups in total. The maximum atomic E-state index is 4.45. The van der Waals surface area contributed by atoms with Crippen molar-refractivity contribution in [1.29, 1.82) is 0 Å². The first-order valence-corrected chi connectivity index (χ1v) is 10.6. The van der Waals surface area contributed by atoms with Crippen molar-refractivity contribution in [2.75, 3.05) is 39.8 Å². The highest BCUT2D eigenvalue weighted by molar-refractivity contribution is 14.0. The van der Waals surface area contributed by atoms with Crippen molar-refractivity contribution in [3.63, 3.8) is 0 Å². The lowest BCUT2D eigenvalue weighted by Gasteiger charge is -2.36. The minimum Gasteiger partial charge on any atom is -0.354 e. The average Bonchev–Trinajstić information content (AvgIpc) is 3.28. The van der Waals surface area contributed by atoms with Crippen LogP contribution in [-0.2, 0) is 19.5 Å². The van der Waals surface area contributed by atoms with Gasteiger partial charge in [0.25, 0.3) is 0 Å². The monoisotopic (exact) mass is 567 g/mol. The van der Waals surface area contributed by atoms with Gasteiger partial charge >= 0.3 is 0 Å². The van der Waals surface area contributed by atoms with Crippen molar-refractivity contribution in [3.05, 3.63) is 32.9 Å². The maximum absolute atomic E-state index is 4.45. The Morgan fingerprint density at radius 2 is 2.07 bits per heavy atom. The molecular formula is C17H27BrIN7S. The van der Waals surface area contributed by atoms with Gasteiger partial charge in [0.2, 0.25) is 0 Å². The van der Waals surface area contributed by atoms with Crippen LogP contribution in [0.5, 0.6) is 0 Å². The molecule has 1 fully saturated rings. The van der Waals surface area contributed by atoms with Crippen LogP contribution in [0.1, 0.15) is 17.6 Å². The molecule has 1 aliphatic heterocycles. The first-order chi connectivity index (χ1) is 12.7. The fraction of sp³-hybridized carbons (Fsp3) is 0.588. The van der Waals surface area contributed by atoms with E-state index in [0.717, 1.165) is 64.0 Å². The molecular weight excluding hydrogens is 541 g/mol. The third-order valence-corrected chi connectivity index (χ3v) is 6.15. The molecule has 1 saturated heterocycles. The van der Waals surface area contributed by atoms with Gasteiger partial charge in [0.15, 0.2) is 5.96 Å². The molecule has 0 aliphatic carbocycles. The SMILES string of the molecule is CCc1nncn1CCNC(=NC)N1CCN(Cc2ccc(Br)s2)CC1.I. The predicted octanol–water partition coefficient (Wildman–Crippen LogP) is 2.68. The van der Waals surface area contributed by atoms with E-state index in [9.17, 15) is 0 Å². The minimum absolute atomic E-state index is 0. The van der Waals surface area contributed by atoms with Crippen LogP contribution in [0.15, 0.2) is 27.2 Å².